The van der Waals surface area contributed by atoms with Crippen molar-refractivity contribution in [1.29, 1.82) is 0 Å². The van der Waals surface area contributed by atoms with Crippen molar-refractivity contribution in [3.63, 3.8) is 0 Å². The minimum atomic E-state index is -1.55. The van der Waals surface area contributed by atoms with Crippen molar-refractivity contribution in [3.05, 3.63) is 0 Å². The van der Waals surface area contributed by atoms with E-state index in [-0.39, 0.29) is 22.1 Å². The van der Waals surface area contributed by atoms with Gasteiger partial charge in [-0.15, -0.1) is 0 Å². The summed E-state index contributed by atoms with van der Waals surface area (Å²) in [5.74, 6) is -0.966. The van der Waals surface area contributed by atoms with Crippen LogP contribution in [0.2, 0.25) is 0 Å². The number of hydrogen-bond acceptors (Lipinski definition) is 4. The lowest BCUT2D eigenvalue weighted by Crippen LogP contribution is -2.44. The number of rotatable bonds is 4. The minimum absolute atomic E-state index is 0.140. The van der Waals surface area contributed by atoms with Crippen molar-refractivity contribution < 1.29 is 14.7 Å². The summed E-state index contributed by atoms with van der Waals surface area (Å²) in [4.78, 5) is 23.4. The van der Waals surface area contributed by atoms with Gasteiger partial charge in [-0.2, -0.15) is 0 Å². The lowest BCUT2D eigenvalue weighted by molar-refractivity contribution is -0.144. The Morgan fingerprint density at radius 1 is 1.25 bits per heavy atom. The van der Waals surface area contributed by atoms with E-state index in [0.717, 1.165) is 0 Å². The van der Waals surface area contributed by atoms with Crippen molar-refractivity contribution in [3.8, 4) is 0 Å². The van der Waals surface area contributed by atoms with Crippen molar-refractivity contribution in [1.82, 2.24) is 0 Å². The maximum absolute atomic E-state index is 11.9. The average Bonchev–Trinajstić information content (AvgIpc) is 2.12. The zero-order chi connectivity index (χ0) is 13.1. The summed E-state index contributed by atoms with van der Waals surface area (Å²) in [6.07, 6.45) is 0.241. The third kappa shape index (κ3) is 4.26. The Labute approximate surface area is 102 Å². The van der Waals surface area contributed by atoms with Crippen molar-refractivity contribution in [2.75, 3.05) is 0 Å². The molecule has 0 aliphatic rings. The largest absolute Gasteiger partial charge is 0.382 e. The molecule has 94 valence electrons. The number of carbonyl (C=O) groups excluding carboxylic acids is 2. The third-order valence-corrected chi connectivity index (χ3v) is 3.66. The van der Waals surface area contributed by atoms with E-state index in [2.05, 4.69) is 0 Å². The molecule has 0 spiro atoms. The van der Waals surface area contributed by atoms with Crippen LogP contribution in [0, 0.1) is 5.92 Å². The topological polar surface area (TPSA) is 54.4 Å². The van der Waals surface area contributed by atoms with Crippen LogP contribution in [0.3, 0.4) is 0 Å². The number of ketones is 1. The molecule has 0 aromatic rings. The fourth-order valence-corrected chi connectivity index (χ4v) is 2.23. The molecular formula is C12H22O3S. The molecular weight excluding hydrogens is 224 g/mol. The van der Waals surface area contributed by atoms with Crippen molar-refractivity contribution in [2.45, 2.75) is 58.3 Å². The SMILES string of the molecule is CCC(=O)[C@@](C)(O)[C@H](C)C(=O)SC(C)(C)C. The van der Waals surface area contributed by atoms with Crippen LogP contribution in [-0.4, -0.2) is 26.4 Å². The number of aliphatic hydroxyl groups is 1. The predicted molar refractivity (Wildman–Crippen MR) is 67.4 cm³/mol. The fourth-order valence-electron chi connectivity index (χ4n) is 1.22. The summed E-state index contributed by atoms with van der Waals surface area (Å²) >= 11 is 1.17. The van der Waals surface area contributed by atoms with Gasteiger partial charge in [0, 0.05) is 11.2 Å². The Hall–Kier alpha value is -0.350. The highest BCUT2D eigenvalue weighted by Crippen LogP contribution is 2.31. The summed E-state index contributed by atoms with van der Waals surface area (Å²) in [5.41, 5.74) is -1.55. The van der Waals surface area contributed by atoms with Gasteiger partial charge < -0.3 is 5.11 Å². The molecule has 0 aliphatic heterocycles. The van der Waals surface area contributed by atoms with E-state index >= 15 is 0 Å². The average molecular weight is 246 g/mol. The lowest BCUT2D eigenvalue weighted by atomic mass is 9.86. The second kappa shape index (κ2) is 5.32. The monoisotopic (exact) mass is 246 g/mol. The number of carbonyl (C=O) groups is 2. The van der Waals surface area contributed by atoms with Gasteiger partial charge in [-0.25, -0.2) is 0 Å². The van der Waals surface area contributed by atoms with Gasteiger partial charge in [-0.05, 0) is 6.92 Å². The highest BCUT2D eigenvalue weighted by molar-refractivity contribution is 8.14. The van der Waals surface area contributed by atoms with Gasteiger partial charge in [-0.1, -0.05) is 46.4 Å². The minimum Gasteiger partial charge on any atom is -0.382 e. The van der Waals surface area contributed by atoms with E-state index in [1.54, 1.807) is 13.8 Å². The summed E-state index contributed by atoms with van der Waals surface area (Å²) < 4.78 is -0.198. The number of hydrogen-bond donors (Lipinski definition) is 1. The lowest BCUT2D eigenvalue weighted by Gasteiger charge is -2.29. The Kier molecular flexibility index (Phi) is 5.20. The van der Waals surface area contributed by atoms with Crippen LogP contribution < -0.4 is 0 Å². The van der Waals surface area contributed by atoms with E-state index in [4.69, 9.17) is 0 Å². The molecule has 0 amide bonds. The number of thioether (sulfide) groups is 1. The molecule has 0 heterocycles. The molecule has 2 atom stereocenters. The Morgan fingerprint density at radius 2 is 1.69 bits per heavy atom. The standard InChI is InChI=1S/C12H22O3S/c1-7-9(13)12(6,15)8(2)10(14)16-11(3,4)5/h8,15H,7H2,1-6H3/t8-,12+/m1/s1. The third-order valence-electron chi connectivity index (χ3n) is 2.49. The second-order valence-electron chi connectivity index (χ2n) is 5.18. The van der Waals surface area contributed by atoms with Gasteiger partial charge in [0.25, 0.3) is 0 Å². The van der Waals surface area contributed by atoms with Crippen LogP contribution in [0.25, 0.3) is 0 Å². The second-order valence-corrected chi connectivity index (χ2v) is 7.01. The maximum Gasteiger partial charge on any atom is 0.195 e. The molecule has 4 heteroatoms. The highest BCUT2D eigenvalue weighted by Gasteiger charge is 2.40. The predicted octanol–water partition coefficient (Wildman–Crippen LogP) is 2.41. The molecule has 0 unspecified atom stereocenters. The molecule has 0 fully saturated rings. The first kappa shape index (κ1) is 15.7. The van der Waals surface area contributed by atoms with Crippen molar-refractivity contribution in [2.24, 2.45) is 5.92 Å². The zero-order valence-corrected chi connectivity index (χ0v) is 11.8. The maximum atomic E-state index is 11.9. The van der Waals surface area contributed by atoms with Gasteiger partial charge >= 0.3 is 0 Å². The summed E-state index contributed by atoms with van der Waals surface area (Å²) in [6, 6.07) is 0. The first-order chi connectivity index (χ1) is 7.02. The van der Waals surface area contributed by atoms with E-state index < -0.39 is 11.5 Å². The van der Waals surface area contributed by atoms with Crippen LogP contribution in [0.1, 0.15) is 48.0 Å². The van der Waals surface area contributed by atoms with Gasteiger partial charge in [0.2, 0.25) is 0 Å². The van der Waals surface area contributed by atoms with Crippen LogP contribution in [-0.2, 0) is 9.59 Å². The highest BCUT2D eigenvalue weighted by atomic mass is 32.2. The smallest absolute Gasteiger partial charge is 0.195 e. The Balaban J connectivity index is 4.73. The molecule has 0 bridgehead atoms. The quantitative estimate of drug-likeness (QED) is 0.827. The van der Waals surface area contributed by atoms with Crippen molar-refractivity contribution >= 4 is 22.7 Å². The summed E-state index contributed by atoms with van der Waals surface area (Å²) in [7, 11) is 0. The van der Waals surface area contributed by atoms with Gasteiger partial charge in [0.1, 0.15) is 5.60 Å². The van der Waals surface area contributed by atoms with E-state index in [0.29, 0.717) is 0 Å². The zero-order valence-electron chi connectivity index (χ0n) is 11.0. The molecule has 0 radical (unpaired) electrons. The Morgan fingerprint density at radius 3 is 2.00 bits per heavy atom. The summed E-state index contributed by atoms with van der Waals surface area (Å²) in [6.45, 7) is 10.5. The molecule has 1 N–H and O–H groups in total. The van der Waals surface area contributed by atoms with Crippen LogP contribution in [0.15, 0.2) is 0 Å². The normalized spacial score (nSPS) is 17.7. The number of Topliss-reactive ketones (excluding diaryl/α,β-unsaturated/α-hetero) is 1. The Bertz CT molecular complexity index is 276. The molecule has 0 saturated heterocycles. The van der Waals surface area contributed by atoms with Crippen LogP contribution >= 0.6 is 11.8 Å². The van der Waals surface area contributed by atoms with Gasteiger partial charge in [-0.3, -0.25) is 9.59 Å². The van der Waals surface area contributed by atoms with E-state index in [1.165, 1.54) is 18.7 Å². The molecule has 16 heavy (non-hydrogen) atoms. The molecule has 0 aliphatic carbocycles. The van der Waals surface area contributed by atoms with E-state index in [1.807, 2.05) is 20.8 Å². The first-order valence-electron chi connectivity index (χ1n) is 5.51. The molecule has 0 aromatic carbocycles. The molecule has 0 rings (SSSR count). The summed E-state index contributed by atoms with van der Waals surface area (Å²) in [5, 5.41) is 9.90. The molecule has 0 saturated carbocycles. The molecule has 0 aromatic heterocycles. The van der Waals surface area contributed by atoms with Gasteiger partial charge in [0.15, 0.2) is 10.9 Å². The van der Waals surface area contributed by atoms with Crippen LogP contribution in [0.4, 0.5) is 0 Å². The molecule has 3 nitrogen and oxygen atoms in total. The van der Waals surface area contributed by atoms with Crippen LogP contribution in [0.5, 0.6) is 0 Å². The fraction of sp³-hybridized carbons (Fsp3) is 0.833. The van der Waals surface area contributed by atoms with Gasteiger partial charge in [0.05, 0.1) is 5.92 Å². The first-order valence-corrected chi connectivity index (χ1v) is 6.32. The van der Waals surface area contributed by atoms with E-state index in [9.17, 15) is 14.7 Å².